The number of hydrogen-bond acceptors (Lipinski definition) is 3. The van der Waals surface area contributed by atoms with Crippen LogP contribution in [0, 0.1) is 0 Å². The van der Waals surface area contributed by atoms with E-state index in [0.29, 0.717) is 0 Å². The van der Waals surface area contributed by atoms with Crippen molar-refractivity contribution < 1.29 is 23.6 Å². The highest BCUT2D eigenvalue weighted by Gasteiger charge is 2.39. The van der Waals surface area contributed by atoms with Gasteiger partial charge in [0.05, 0.1) is 0 Å². The molecule has 0 saturated heterocycles. The number of benzene rings is 1. The lowest BCUT2D eigenvalue weighted by molar-refractivity contribution is -0.117. The van der Waals surface area contributed by atoms with Gasteiger partial charge in [0, 0.05) is 5.92 Å². The molecule has 0 aliphatic carbocycles. The van der Waals surface area contributed by atoms with Gasteiger partial charge in [-0.15, -0.1) is 0 Å². The number of rotatable bonds is 6. The highest BCUT2D eigenvalue weighted by Crippen LogP contribution is 2.38. The Labute approximate surface area is 139 Å². The van der Waals surface area contributed by atoms with Crippen molar-refractivity contribution in [2.75, 3.05) is 6.16 Å². The zero-order chi connectivity index (χ0) is 18.1. The van der Waals surface area contributed by atoms with Crippen molar-refractivity contribution in [2.45, 2.75) is 51.7 Å². The molecule has 0 fully saturated rings. The highest BCUT2D eigenvalue weighted by atomic mass is 31.2. The molecule has 5 nitrogen and oxygen atoms in total. The number of hydrogen-bond donors (Lipinski definition) is 2. The van der Waals surface area contributed by atoms with Gasteiger partial charge in [-0.25, -0.2) is 0 Å². The summed E-state index contributed by atoms with van der Waals surface area (Å²) >= 11 is 0. The molecule has 0 amide bonds. The molecule has 0 bridgehead atoms. The molecule has 23 heavy (non-hydrogen) atoms. The first-order chi connectivity index (χ1) is 10.2. The van der Waals surface area contributed by atoms with E-state index >= 15 is 0 Å². The second kappa shape index (κ2) is 6.89. The molecule has 7 heteroatoms. The number of carbonyl (C=O) groups is 1. The van der Waals surface area contributed by atoms with Crippen LogP contribution in [0.15, 0.2) is 24.3 Å². The predicted octanol–water partition coefficient (Wildman–Crippen LogP) is 3.92. The quantitative estimate of drug-likeness (QED) is 0.595. The molecular weight excluding hydrogens is 331 g/mol. The van der Waals surface area contributed by atoms with Crippen LogP contribution >= 0.6 is 7.60 Å². The third-order valence-corrected chi connectivity index (χ3v) is 9.49. The predicted molar refractivity (Wildman–Crippen MR) is 94.6 cm³/mol. The third kappa shape index (κ3) is 5.88. The summed E-state index contributed by atoms with van der Waals surface area (Å²) in [6.07, 6.45) is -0.726. The normalized spacial score (nSPS) is 14.4. The van der Waals surface area contributed by atoms with Gasteiger partial charge in [0.15, 0.2) is 5.78 Å². The van der Waals surface area contributed by atoms with E-state index in [2.05, 4.69) is 33.9 Å². The fraction of sp³-hybridized carbons (Fsp3) is 0.562. The molecular formula is C16H27O5PSi. The maximum Gasteiger partial charge on any atom is 0.332 e. The van der Waals surface area contributed by atoms with Gasteiger partial charge < -0.3 is 14.2 Å². The van der Waals surface area contributed by atoms with Crippen LogP contribution in [0.2, 0.25) is 18.1 Å². The first-order valence-electron chi connectivity index (χ1n) is 7.59. The minimum atomic E-state index is -4.32. The van der Waals surface area contributed by atoms with Crippen LogP contribution in [-0.4, -0.2) is 30.0 Å². The molecule has 1 atom stereocenters. The van der Waals surface area contributed by atoms with Gasteiger partial charge in [0.2, 0.25) is 8.32 Å². The maximum atomic E-state index is 11.9. The van der Waals surface area contributed by atoms with Gasteiger partial charge in [-0.3, -0.25) is 9.36 Å². The van der Waals surface area contributed by atoms with Crippen molar-refractivity contribution >= 4 is 21.7 Å². The third-order valence-electron chi connectivity index (χ3n) is 4.40. The van der Waals surface area contributed by atoms with E-state index in [1.165, 1.54) is 0 Å². The summed E-state index contributed by atoms with van der Waals surface area (Å²) in [7, 11) is -6.23. The zero-order valence-corrected chi connectivity index (χ0v) is 16.6. The van der Waals surface area contributed by atoms with E-state index in [1.807, 2.05) is 12.1 Å². The van der Waals surface area contributed by atoms with Crippen LogP contribution in [0.3, 0.4) is 0 Å². The number of carbonyl (C=O) groups excluding carboxylic acids is 1. The Balaban J connectivity index is 2.85. The fourth-order valence-corrected chi connectivity index (χ4v) is 3.51. The average Bonchev–Trinajstić information content (AvgIpc) is 2.35. The molecule has 1 aromatic rings. The number of ketones is 1. The van der Waals surface area contributed by atoms with Crippen LogP contribution < -0.4 is 4.43 Å². The van der Waals surface area contributed by atoms with Gasteiger partial charge >= 0.3 is 7.60 Å². The minimum absolute atomic E-state index is 0.0956. The number of Topliss-reactive ketones (excluding diaryl/α,β-unsaturated/α-hetero) is 1. The molecule has 1 rings (SSSR count). The van der Waals surface area contributed by atoms with Crippen LogP contribution in [0.1, 0.15) is 39.2 Å². The van der Waals surface area contributed by atoms with E-state index in [-0.39, 0.29) is 5.04 Å². The summed E-state index contributed by atoms with van der Waals surface area (Å²) in [6.45, 7) is 12.5. The van der Waals surface area contributed by atoms with Crippen molar-refractivity contribution in [3.05, 3.63) is 29.8 Å². The summed E-state index contributed by atoms with van der Waals surface area (Å²) in [4.78, 5) is 29.7. The Morgan fingerprint density at radius 3 is 2.09 bits per heavy atom. The van der Waals surface area contributed by atoms with Gasteiger partial charge in [0.1, 0.15) is 11.9 Å². The summed E-state index contributed by atoms with van der Waals surface area (Å²) in [5, 5.41) is 0.0956. The summed E-state index contributed by atoms with van der Waals surface area (Å²) < 4.78 is 17.1. The molecule has 130 valence electrons. The van der Waals surface area contributed by atoms with Crippen molar-refractivity contribution in [1.29, 1.82) is 0 Å². The average molecular weight is 358 g/mol. The first-order valence-corrected chi connectivity index (χ1v) is 12.3. The van der Waals surface area contributed by atoms with E-state index in [9.17, 15) is 9.36 Å². The van der Waals surface area contributed by atoms with E-state index in [1.54, 1.807) is 19.1 Å². The lowest BCUT2D eigenvalue weighted by Gasteiger charge is -2.36. The van der Waals surface area contributed by atoms with Gasteiger partial charge in [-0.1, -0.05) is 39.8 Å². The molecule has 0 spiro atoms. The molecule has 0 aromatic heterocycles. The Bertz CT molecular complexity index is 598. The van der Waals surface area contributed by atoms with Crippen molar-refractivity contribution in [3.8, 4) is 5.75 Å². The molecule has 0 aliphatic rings. The van der Waals surface area contributed by atoms with Crippen molar-refractivity contribution in [3.63, 3.8) is 0 Å². The van der Waals surface area contributed by atoms with Gasteiger partial charge in [-0.2, -0.15) is 0 Å². The maximum absolute atomic E-state index is 11.9. The Morgan fingerprint density at radius 1 is 1.22 bits per heavy atom. The highest BCUT2D eigenvalue weighted by molar-refractivity contribution is 7.52. The zero-order valence-electron chi connectivity index (χ0n) is 14.7. The molecule has 0 aliphatic heterocycles. The van der Waals surface area contributed by atoms with Gasteiger partial charge in [0.25, 0.3) is 0 Å². The molecule has 2 N–H and O–H groups in total. The second-order valence-electron chi connectivity index (χ2n) is 7.44. The molecule has 0 saturated carbocycles. The molecule has 0 radical (unpaired) electrons. The van der Waals surface area contributed by atoms with E-state index in [4.69, 9.17) is 14.2 Å². The summed E-state index contributed by atoms with van der Waals surface area (Å²) in [5.74, 6) is -0.254. The van der Waals surface area contributed by atoms with Crippen molar-refractivity contribution in [1.82, 2.24) is 0 Å². The molecule has 1 unspecified atom stereocenters. The van der Waals surface area contributed by atoms with Crippen LogP contribution in [0.5, 0.6) is 5.75 Å². The van der Waals surface area contributed by atoms with E-state index in [0.717, 1.165) is 11.3 Å². The minimum Gasteiger partial charge on any atom is -0.544 e. The lowest BCUT2D eigenvalue weighted by Crippen LogP contribution is -2.43. The SMILES string of the molecule is CC(C(=O)CP(=O)(O)O)c1ccc(O[Si](C)(C)C(C)(C)C)cc1. The second-order valence-corrected chi connectivity index (χ2v) is 13.8. The summed E-state index contributed by atoms with van der Waals surface area (Å²) in [5.41, 5.74) is 0.728. The van der Waals surface area contributed by atoms with Crippen LogP contribution in [-0.2, 0) is 9.36 Å². The lowest BCUT2D eigenvalue weighted by atomic mass is 9.98. The Hall–Kier alpha value is -0.943. The largest absolute Gasteiger partial charge is 0.544 e. The van der Waals surface area contributed by atoms with Crippen LogP contribution in [0.25, 0.3) is 0 Å². The standard InChI is InChI=1S/C16H27O5PSi/c1-12(15(17)11-22(18,19)20)13-7-9-14(10-8-13)21-23(5,6)16(2,3)4/h7-10,12H,11H2,1-6H3,(H2,18,19,20). The van der Waals surface area contributed by atoms with Crippen LogP contribution in [0.4, 0.5) is 0 Å². The topological polar surface area (TPSA) is 83.8 Å². The fourth-order valence-electron chi connectivity index (χ4n) is 1.80. The first kappa shape index (κ1) is 20.1. The Morgan fingerprint density at radius 2 is 1.70 bits per heavy atom. The summed E-state index contributed by atoms with van der Waals surface area (Å²) in [6, 6.07) is 7.20. The molecule has 1 aromatic carbocycles. The molecule has 0 heterocycles. The van der Waals surface area contributed by atoms with Crippen molar-refractivity contribution in [2.24, 2.45) is 0 Å². The Kier molecular flexibility index (Phi) is 6.02. The monoisotopic (exact) mass is 358 g/mol. The smallest absolute Gasteiger partial charge is 0.332 e. The van der Waals surface area contributed by atoms with Gasteiger partial charge in [-0.05, 0) is 35.8 Å². The van der Waals surface area contributed by atoms with E-state index < -0.39 is 33.8 Å².